The Bertz CT molecular complexity index is 409. The lowest BCUT2D eigenvalue weighted by molar-refractivity contribution is -0.0506. The third-order valence-electron chi connectivity index (χ3n) is 2.29. The van der Waals surface area contributed by atoms with Crippen LogP contribution in [0.4, 0.5) is 8.78 Å². The largest absolute Gasteiger partial charge is 0.434 e. The lowest BCUT2D eigenvalue weighted by Crippen LogP contribution is -2.13. The fourth-order valence-electron chi connectivity index (χ4n) is 1.50. The zero-order valence-electron chi connectivity index (χ0n) is 9.62. The summed E-state index contributed by atoms with van der Waals surface area (Å²) in [7, 11) is 0. The number of para-hydroxylation sites is 1. The zero-order chi connectivity index (χ0) is 12.7. The van der Waals surface area contributed by atoms with Crippen molar-refractivity contribution < 1.29 is 13.5 Å². The van der Waals surface area contributed by atoms with E-state index in [0.29, 0.717) is 18.4 Å². The Labute approximate surface area is 99.8 Å². The molecule has 0 saturated carbocycles. The minimum atomic E-state index is -2.83. The highest BCUT2D eigenvalue weighted by Crippen LogP contribution is 2.27. The molecule has 1 unspecified atom stereocenters. The summed E-state index contributed by atoms with van der Waals surface area (Å²) in [5.74, 6) is 5.79. The molecule has 0 aliphatic carbocycles. The van der Waals surface area contributed by atoms with Crippen LogP contribution in [0.15, 0.2) is 24.3 Å². The van der Waals surface area contributed by atoms with Gasteiger partial charge in [0.05, 0.1) is 0 Å². The first kappa shape index (κ1) is 13.5. The molecule has 0 heterocycles. The van der Waals surface area contributed by atoms with E-state index in [0.717, 1.165) is 0 Å². The molecular formula is C13H15F2NO. The number of hydrogen-bond donors (Lipinski definition) is 1. The molecule has 0 fully saturated rings. The Morgan fingerprint density at radius 3 is 2.71 bits per heavy atom. The van der Waals surface area contributed by atoms with Gasteiger partial charge >= 0.3 is 6.61 Å². The molecule has 92 valence electrons. The average molecular weight is 239 g/mol. The van der Waals surface area contributed by atoms with Gasteiger partial charge in [0.1, 0.15) is 5.75 Å². The Morgan fingerprint density at radius 1 is 1.35 bits per heavy atom. The van der Waals surface area contributed by atoms with Crippen LogP contribution in [-0.2, 0) is 0 Å². The van der Waals surface area contributed by atoms with E-state index in [-0.39, 0.29) is 11.8 Å². The maximum absolute atomic E-state index is 12.2. The Hall–Kier alpha value is -1.60. The summed E-state index contributed by atoms with van der Waals surface area (Å²) >= 11 is 0. The molecule has 17 heavy (non-hydrogen) atoms. The van der Waals surface area contributed by atoms with Crippen molar-refractivity contribution >= 4 is 0 Å². The second-order valence-electron chi connectivity index (χ2n) is 3.49. The summed E-state index contributed by atoms with van der Waals surface area (Å²) in [5.41, 5.74) is 6.51. The van der Waals surface area contributed by atoms with Gasteiger partial charge < -0.3 is 10.5 Å². The van der Waals surface area contributed by atoms with Crippen LogP contribution < -0.4 is 10.5 Å². The van der Waals surface area contributed by atoms with Crippen molar-refractivity contribution in [3.8, 4) is 17.6 Å². The first-order chi connectivity index (χ1) is 8.15. The van der Waals surface area contributed by atoms with Crippen molar-refractivity contribution in [1.82, 2.24) is 0 Å². The molecule has 4 heteroatoms. The summed E-state index contributed by atoms with van der Waals surface area (Å²) in [6.07, 6.45) is 1.26. The van der Waals surface area contributed by atoms with Crippen molar-refractivity contribution in [2.45, 2.75) is 32.4 Å². The van der Waals surface area contributed by atoms with Gasteiger partial charge in [0.2, 0.25) is 0 Å². The van der Waals surface area contributed by atoms with Crippen LogP contribution in [0, 0.1) is 11.8 Å². The highest BCUT2D eigenvalue weighted by Gasteiger charge is 2.14. The lowest BCUT2D eigenvalue weighted by Gasteiger charge is -2.15. The second-order valence-corrected chi connectivity index (χ2v) is 3.49. The van der Waals surface area contributed by atoms with Gasteiger partial charge in [-0.25, -0.2) is 0 Å². The third-order valence-corrected chi connectivity index (χ3v) is 2.29. The summed E-state index contributed by atoms with van der Waals surface area (Å²) in [4.78, 5) is 0. The molecule has 2 N–H and O–H groups in total. The van der Waals surface area contributed by atoms with Gasteiger partial charge in [0.15, 0.2) is 0 Å². The fraction of sp³-hybridized carbons (Fsp3) is 0.385. The topological polar surface area (TPSA) is 35.2 Å². The van der Waals surface area contributed by atoms with E-state index in [1.165, 1.54) is 6.07 Å². The van der Waals surface area contributed by atoms with E-state index in [1.54, 1.807) is 25.1 Å². The normalized spacial score (nSPS) is 11.8. The van der Waals surface area contributed by atoms with E-state index in [4.69, 9.17) is 5.73 Å². The van der Waals surface area contributed by atoms with Gasteiger partial charge in [-0.3, -0.25) is 0 Å². The molecule has 0 bridgehead atoms. The maximum Gasteiger partial charge on any atom is 0.387 e. The second kappa shape index (κ2) is 6.87. The van der Waals surface area contributed by atoms with E-state index >= 15 is 0 Å². The Kier molecular flexibility index (Phi) is 5.44. The molecule has 0 aliphatic heterocycles. The van der Waals surface area contributed by atoms with Crippen molar-refractivity contribution in [3.63, 3.8) is 0 Å². The lowest BCUT2D eigenvalue weighted by atomic mass is 10.0. The standard InChI is InChI=1S/C13H15F2NO/c1-2-3-4-8-11(16)10-7-5-6-9-12(10)17-13(14)15/h5-7,9,11,13H,4,8,16H2,1H3. The summed E-state index contributed by atoms with van der Waals surface area (Å²) in [5, 5.41) is 0. The molecule has 0 aliphatic rings. The first-order valence-electron chi connectivity index (χ1n) is 5.34. The van der Waals surface area contributed by atoms with Crippen LogP contribution in [0.1, 0.15) is 31.4 Å². The number of hydrogen-bond acceptors (Lipinski definition) is 2. The van der Waals surface area contributed by atoms with Gasteiger partial charge in [0, 0.05) is 18.0 Å². The molecule has 1 aromatic rings. The van der Waals surface area contributed by atoms with Crippen LogP contribution in [0.3, 0.4) is 0 Å². The van der Waals surface area contributed by atoms with E-state index in [9.17, 15) is 8.78 Å². The van der Waals surface area contributed by atoms with Crippen molar-refractivity contribution in [2.24, 2.45) is 5.73 Å². The predicted molar refractivity (Wildman–Crippen MR) is 62.7 cm³/mol. The quantitative estimate of drug-likeness (QED) is 0.801. The van der Waals surface area contributed by atoms with Gasteiger partial charge in [-0.15, -0.1) is 11.8 Å². The summed E-state index contributed by atoms with van der Waals surface area (Å²) in [6.45, 7) is -1.09. The highest BCUT2D eigenvalue weighted by molar-refractivity contribution is 5.35. The monoisotopic (exact) mass is 239 g/mol. The molecule has 0 radical (unpaired) electrons. The molecule has 1 aromatic carbocycles. The van der Waals surface area contributed by atoms with E-state index in [2.05, 4.69) is 16.6 Å². The van der Waals surface area contributed by atoms with Gasteiger partial charge in [-0.05, 0) is 19.4 Å². The Morgan fingerprint density at radius 2 is 2.06 bits per heavy atom. The zero-order valence-corrected chi connectivity index (χ0v) is 9.62. The summed E-state index contributed by atoms with van der Waals surface area (Å²) < 4.78 is 28.8. The minimum Gasteiger partial charge on any atom is -0.434 e. The SMILES string of the molecule is CC#CCCC(N)c1ccccc1OC(F)F. The third kappa shape index (κ3) is 4.41. The molecule has 1 rings (SSSR count). The van der Waals surface area contributed by atoms with Crippen molar-refractivity contribution in [2.75, 3.05) is 0 Å². The van der Waals surface area contributed by atoms with Gasteiger partial charge in [-0.2, -0.15) is 8.78 Å². The fourth-order valence-corrected chi connectivity index (χ4v) is 1.50. The number of halogens is 2. The smallest absolute Gasteiger partial charge is 0.387 e. The van der Waals surface area contributed by atoms with E-state index < -0.39 is 6.61 Å². The van der Waals surface area contributed by atoms with Crippen LogP contribution >= 0.6 is 0 Å². The van der Waals surface area contributed by atoms with Crippen LogP contribution in [0.25, 0.3) is 0 Å². The molecule has 0 spiro atoms. The summed E-state index contributed by atoms with van der Waals surface area (Å²) in [6, 6.07) is 6.23. The van der Waals surface area contributed by atoms with Crippen molar-refractivity contribution in [3.05, 3.63) is 29.8 Å². The number of benzene rings is 1. The number of alkyl halides is 2. The van der Waals surface area contributed by atoms with Gasteiger partial charge in [0.25, 0.3) is 0 Å². The van der Waals surface area contributed by atoms with Gasteiger partial charge in [-0.1, -0.05) is 18.2 Å². The van der Waals surface area contributed by atoms with Crippen LogP contribution in [0.5, 0.6) is 5.75 Å². The molecule has 0 aromatic heterocycles. The molecule has 2 nitrogen and oxygen atoms in total. The molecule has 0 saturated heterocycles. The maximum atomic E-state index is 12.2. The van der Waals surface area contributed by atoms with Crippen LogP contribution in [-0.4, -0.2) is 6.61 Å². The van der Waals surface area contributed by atoms with Crippen LogP contribution in [0.2, 0.25) is 0 Å². The molecule has 1 atom stereocenters. The minimum absolute atomic E-state index is 0.138. The first-order valence-corrected chi connectivity index (χ1v) is 5.34. The molecular weight excluding hydrogens is 224 g/mol. The number of ether oxygens (including phenoxy) is 1. The average Bonchev–Trinajstić information content (AvgIpc) is 2.29. The van der Waals surface area contributed by atoms with E-state index in [1.807, 2.05) is 0 Å². The number of rotatable bonds is 5. The number of nitrogens with two attached hydrogens (primary N) is 1. The van der Waals surface area contributed by atoms with Crippen molar-refractivity contribution in [1.29, 1.82) is 0 Å². The molecule has 0 amide bonds. The predicted octanol–water partition coefficient (Wildman–Crippen LogP) is 3.09. The Balaban J connectivity index is 2.76. The highest BCUT2D eigenvalue weighted by atomic mass is 19.3.